The molecule has 1 aliphatic carbocycles. The van der Waals surface area contributed by atoms with Crippen LogP contribution >= 0.6 is 0 Å². The number of anilines is 1. The van der Waals surface area contributed by atoms with Gasteiger partial charge in [0, 0.05) is 69.4 Å². The number of rotatable bonds is 22. The molecular formula is C34H47N3O8. The summed E-state index contributed by atoms with van der Waals surface area (Å²) in [4.78, 5) is 49.9. The number of carbonyl (C=O) groups is 4. The van der Waals surface area contributed by atoms with Gasteiger partial charge < -0.3 is 35.7 Å². The molecule has 5 N–H and O–H groups in total. The van der Waals surface area contributed by atoms with Gasteiger partial charge in [-0.1, -0.05) is 37.6 Å². The molecule has 45 heavy (non-hydrogen) atoms. The van der Waals surface area contributed by atoms with Gasteiger partial charge in [-0.05, 0) is 66.5 Å². The summed E-state index contributed by atoms with van der Waals surface area (Å²) in [5, 5.41) is 14.6. The zero-order chi connectivity index (χ0) is 33.1. The van der Waals surface area contributed by atoms with Crippen molar-refractivity contribution in [1.82, 2.24) is 5.32 Å². The second kappa shape index (κ2) is 19.6. The molecule has 3 amide bonds. The second-order valence-electron chi connectivity index (χ2n) is 11.0. The lowest BCUT2D eigenvalue weighted by atomic mass is 9.93. The average molecular weight is 627 g/mol. The fraction of sp³-hybridized carbons (Fsp3) is 0.529. The minimum Gasteiger partial charge on any atom is -0.449 e. The third-order valence-electron chi connectivity index (χ3n) is 7.54. The van der Waals surface area contributed by atoms with E-state index >= 15 is 0 Å². The molecule has 1 aliphatic rings. The van der Waals surface area contributed by atoms with Gasteiger partial charge in [0.05, 0.1) is 6.61 Å². The first-order valence-corrected chi connectivity index (χ1v) is 15.9. The molecular weight excluding hydrogens is 578 g/mol. The van der Waals surface area contributed by atoms with Crippen LogP contribution in [0, 0.1) is 0 Å². The van der Waals surface area contributed by atoms with E-state index in [1.54, 1.807) is 23.9 Å². The topological polar surface area (TPSA) is 166 Å². The summed E-state index contributed by atoms with van der Waals surface area (Å²) in [6.45, 7) is 4.73. The summed E-state index contributed by atoms with van der Waals surface area (Å²) >= 11 is 0. The zero-order valence-corrected chi connectivity index (χ0v) is 26.2. The van der Waals surface area contributed by atoms with E-state index in [0.29, 0.717) is 69.9 Å². The standard InChI is InChI=1S/C34H47N3O8/c1-2-3-18-44-21-16-36-31(40)12-7-13-32(41)37-24-14-15-26-28(22-24)29(23-45-34(35)42)25-9-6-10-27(33(25)26)30(39)11-8-20-43-19-5-4-17-38/h6,9-10,14-15,22,29,38H,2-5,7-8,11-13,16-21,23H2,1H3,(H2,35,42)(H,36,40)(H,37,41)/i/hD. The van der Waals surface area contributed by atoms with Gasteiger partial charge in [0.15, 0.2) is 7.20 Å². The third kappa shape index (κ3) is 11.6. The maximum atomic E-state index is 13.3. The van der Waals surface area contributed by atoms with Crippen LogP contribution in [0.15, 0.2) is 36.4 Å². The smallest absolute Gasteiger partial charge is 0.404 e. The molecule has 3 rings (SSSR count). The highest BCUT2D eigenvalue weighted by molar-refractivity contribution is 6.05. The van der Waals surface area contributed by atoms with Crippen LogP contribution in [0.2, 0.25) is 1.41 Å². The molecule has 0 bridgehead atoms. The Kier molecular flexibility index (Phi) is 14.8. The number of ether oxygens (including phenoxy) is 3. The van der Waals surface area contributed by atoms with Crippen LogP contribution in [-0.4, -0.2) is 75.0 Å². The van der Waals surface area contributed by atoms with Crippen molar-refractivity contribution in [2.24, 2.45) is 5.73 Å². The van der Waals surface area contributed by atoms with E-state index in [1.807, 2.05) is 18.2 Å². The van der Waals surface area contributed by atoms with Crippen LogP contribution < -0.4 is 16.4 Å². The molecule has 11 nitrogen and oxygen atoms in total. The summed E-state index contributed by atoms with van der Waals surface area (Å²) < 4.78 is 23.4. The first-order chi connectivity index (χ1) is 22.4. The largest absolute Gasteiger partial charge is 0.449 e. The number of carbonyl (C=O) groups excluding carboxylic acids is 4. The summed E-state index contributed by atoms with van der Waals surface area (Å²) in [6.07, 6.45) is 4.25. The molecule has 0 radical (unpaired) electrons. The summed E-state index contributed by atoms with van der Waals surface area (Å²) in [5.41, 5.74) is 6.02. The van der Waals surface area contributed by atoms with Crippen LogP contribution in [0.3, 0.4) is 0 Å². The van der Waals surface area contributed by atoms with Crippen LogP contribution in [0.25, 0.3) is 11.1 Å². The molecule has 0 heterocycles. The lowest BCUT2D eigenvalue weighted by molar-refractivity contribution is -0.121. The van der Waals surface area contributed by atoms with Gasteiger partial charge in [-0.3, -0.25) is 14.4 Å². The number of primary amides is 1. The summed E-state index contributed by atoms with van der Waals surface area (Å²) in [6, 6.07) is 10.9. The molecule has 0 aliphatic heterocycles. The molecule has 2 aromatic carbocycles. The first kappa shape index (κ1) is 34.1. The van der Waals surface area contributed by atoms with E-state index in [-0.39, 0.29) is 43.7 Å². The number of amides is 3. The highest BCUT2D eigenvalue weighted by Crippen LogP contribution is 2.47. The Labute approximate surface area is 266 Å². The monoisotopic (exact) mass is 626 g/mol. The van der Waals surface area contributed by atoms with E-state index in [9.17, 15) is 19.2 Å². The number of aliphatic hydroxyl groups excluding tert-OH is 1. The lowest BCUT2D eigenvalue weighted by Gasteiger charge is -2.14. The molecule has 1 unspecified atom stereocenters. The summed E-state index contributed by atoms with van der Waals surface area (Å²) in [7, 11) is 0. The van der Waals surface area contributed by atoms with Gasteiger partial charge in [-0.25, -0.2) is 4.79 Å². The van der Waals surface area contributed by atoms with Gasteiger partial charge in [0.25, 0.3) is 0 Å². The SMILES string of the molecule is [2H]NC(=O)OCC1c2cc(NC(=O)CCCC(=O)NCCOCCCC)ccc2-c2c(C(=O)CCCOCCCCO)cccc21. The Morgan fingerprint density at radius 2 is 1.67 bits per heavy atom. The zero-order valence-electron chi connectivity index (χ0n) is 27.2. The van der Waals surface area contributed by atoms with Gasteiger partial charge in [0.1, 0.15) is 6.61 Å². The van der Waals surface area contributed by atoms with Gasteiger partial charge in [-0.2, -0.15) is 0 Å². The van der Waals surface area contributed by atoms with Gasteiger partial charge >= 0.3 is 6.09 Å². The van der Waals surface area contributed by atoms with Crippen molar-refractivity contribution in [1.29, 1.82) is 0 Å². The van der Waals surface area contributed by atoms with Crippen molar-refractivity contribution in [2.45, 2.75) is 70.6 Å². The van der Waals surface area contributed by atoms with Crippen molar-refractivity contribution in [3.63, 3.8) is 0 Å². The van der Waals surface area contributed by atoms with E-state index in [1.165, 1.54) is 0 Å². The van der Waals surface area contributed by atoms with Crippen molar-refractivity contribution < 1.29 is 39.9 Å². The Hall–Kier alpha value is -3.80. The fourth-order valence-electron chi connectivity index (χ4n) is 5.28. The highest BCUT2D eigenvalue weighted by atomic mass is 16.5. The number of unbranched alkanes of at least 4 members (excludes halogenated alkanes) is 2. The molecule has 246 valence electrons. The van der Waals surface area contributed by atoms with Crippen LogP contribution in [0.4, 0.5) is 10.5 Å². The number of hydrogen-bond donors (Lipinski definition) is 4. The van der Waals surface area contributed by atoms with E-state index in [0.717, 1.165) is 41.5 Å². The normalized spacial score (nSPS) is 13.4. The molecule has 0 spiro atoms. The van der Waals surface area contributed by atoms with E-state index in [2.05, 4.69) is 17.6 Å². The molecule has 11 heteroatoms. The molecule has 0 saturated heterocycles. The maximum Gasteiger partial charge on any atom is 0.404 e. The number of ketones is 1. The number of hydrogen-bond acceptors (Lipinski definition) is 8. The first-order valence-electron chi connectivity index (χ1n) is 16.4. The minimum atomic E-state index is -0.890. The Bertz CT molecular complexity index is 1310. The van der Waals surface area contributed by atoms with Crippen LogP contribution in [0.1, 0.15) is 92.1 Å². The van der Waals surface area contributed by atoms with Gasteiger partial charge in [-0.15, -0.1) is 0 Å². The summed E-state index contributed by atoms with van der Waals surface area (Å²) in [5.74, 6) is -0.797. The van der Waals surface area contributed by atoms with Crippen molar-refractivity contribution >= 4 is 29.4 Å². The third-order valence-corrected chi connectivity index (χ3v) is 7.54. The number of fused-ring (bicyclic) bond motifs is 3. The number of benzene rings is 2. The molecule has 0 aromatic heterocycles. The number of aliphatic hydroxyl groups is 1. The average Bonchev–Trinajstić information content (AvgIpc) is 3.37. The number of Topliss-reactive ketones (excluding diaryl/α,β-unsaturated/α-hetero) is 1. The van der Waals surface area contributed by atoms with Crippen molar-refractivity contribution in [3.05, 3.63) is 53.1 Å². The Morgan fingerprint density at radius 3 is 2.47 bits per heavy atom. The molecule has 2 aromatic rings. The van der Waals surface area contributed by atoms with Crippen molar-refractivity contribution in [3.8, 4) is 11.1 Å². The number of nitrogens with one attached hydrogen (secondary N) is 2. The minimum absolute atomic E-state index is 0.0299. The van der Waals surface area contributed by atoms with E-state index in [4.69, 9.17) is 20.7 Å². The predicted octanol–water partition coefficient (Wildman–Crippen LogP) is 4.69. The second-order valence-corrected chi connectivity index (χ2v) is 11.0. The molecule has 0 saturated carbocycles. The molecule has 1 atom stereocenters. The lowest BCUT2D eigenvalue weighted by Crippen LogP contribution is -2.27. The Morgan fingerprint density at radius 1 is 0.889 bits per heavy atom. The fourth-order valence-corrected chi connectivity index (χ4v) is 5.28. The van der Waals surface area contributed by atoms with Gasteiger partial charge in [0.2, 0.25) is 11.8 Å². The van der Waals surface area contributed by atoms with Crippen molar-refractivity contribution in [2.75, 3.05) is 51.5 Å². The van der Waals surface area contributed by atoms with Crippen LogP contribution in [0.5, 0.6) is 0 Å². The Balaban J connectivity index is 1.63. The number of nitrogens with two attached hydrogens (primary N) is 1. The molecule has 0 fully saturated rings. The quantitative estimate of drug-likeness (QED) is 0.108. The van der Waals surface area contributed by atoms with E-state index < -0.39 is 12.0 Å². The predicted molar refractivity (Wildman–Crippen MR) is 171 cm³/mol. The van der Waals surface area contributed by atoms with Crippen LogP contribution in [-0.2, 0) is 23.8 Å². The maximum absolute atomic E-state index is 13.3. The highest BCUT2D eigenvalue weighted by Gasteiger charge is 2.33.